The van der Waals surface area contributed by atoms with Gasteiger partial charge < -0.3 is 9.51 Å². The first kappa shape index (κ1) is 36.6. The molecule has 0 fully saturated rings. The van der Waals surface area contributed by atoms with Crippen molar-refractivity contribution in [2.24, 2.45) is 0 Å². The Morgan fingerprint density at radius 3 is 2.14 bits per heavy atom. The zero-order valence-electron chi connectivity index (χ0n) is 35.0. The number of aromatic hydroxyl groups is 1. The van der Waals surface area contributed by atoms with Crippen LogP contribution in [0.25, 0.3) is 88.5 Å². The number of pyridine rings is 2. The molecule has 0 unspecified atom stereocenters. The van der Waals surface area contributed by atoms with Gasteiger partial charge in [0.15, 0.2) is 0 Å². The van der Waals surface area contributed by atoms with Crippen LogP contribution in [-0.2, 0) is 10.8 Å². The molecule has 1 N–H and O–H groups in total. The van der Waals surface area contributed by atoms with Crippen LogP contribution in [0.4, 0.5) is 0 Å². The van der Waals surface area contributed by atoms with Crippen LogP contribution in [0.3, 0.4) is 0 Å². The second-order valence-electron chi connectivity index (χ2n) is 18.3. The highest BCUT2D eigenvalue weighted by Crippen LogP contribution is 2.46. The molecule has 0 saturated carbocycles. The molecule has 5 heteroatoms. The molecular formula is C54H48N4O. The highest BCUT2D eigenvalue weighted by atomic mass is 16.3. The lowest BCUT2D eigenvalue weighted by Crippen LogP contribution is -2.17. The van der Waals surface area contributed by atoms with E-state index >= 15 is 0 Å². The van der Waals surface area contributed by atoms with Crippen molar-refractivity contribution in [2.45, 2.75) is 66.2 Å². The van der Waals surface area contributed by atoms with Crippen LogP contribution >= 0.6 is 0 Å². The second-order valence-corrected chi connectivity index (χ2v) is 18.3. The first-order valence-electron chi connectivity index (χ1n) is 20.6. The Morgan fingerprint density at radius 2 is 1.36 bits per heavy atom. The molecule has 0 atom stereocenters. The van der Waals surface area contributed by atoms with E-state index in [1.807, 2.05) is 6.20 Å². The Hall–Kier alpha value is -6.72. The Bertz CT molecular complexity index is 3320. The van der Waals surface area contributed by atoms with Gasteiger partial charge in [-0.1, -0.05) is 132 Å². The second kappa shape index (κ2) is 13.2. The summed E-state index contributed by atoms with van der Waals surface area (Å²) in [4.78, 5) is 10.8. The maximum Gasteiger partial charge on any atom is 0.149 e. The number of phenols is 1. The third-order valence-corrected chi connectivity index (χ3v) is 12.1. The van der Waals surface area contributed by atoms with E-state index in [2.05, 4.69) is 198 Å². The number of para-hydroxylation sites is 1. The lowest BCUT2D eigenvalue weighted by atomic mass is 9.79. The molecule has 0 aliphatic heterocycles. The number of nitrogens with zero attached hydrogens (tertiary/aromatic N) is 4. The van der Waals surface area contributed by atoms with E-state index in [4.69, 9.17) is 9.97 Å². The van der Waals surface area contributed by atoms with Gasteiger partial charge in [-0.15, -0.1) is 0 Å². The van der Waals surface area contributed by atoms with Gasteiger partial charge in [0.05, 0.1) is 38.8 Å². The van der Waals surface area contributed by atoms with Crippen molar-refractivity contribution in [2.75, 3.05) is 0 Å². The predicted molar refractivity (Wildman–Crippen MR) is 247 cm³/mol. The Labute approximate surface area is 345 Å². The largest absolute Gasteiger partial charge is 0.507 e. The fraction of sp³-hybridized carbons (Fsp3) is 0.185. The number of aromatic nitrogens is 4. The zero-order valence-corrected chi connectivity index (χ0v) is 35.0. The summed E-state index contributed by atoms with van der Waals surface area (Å²) >= 11 is 0. The van der Waals surface area contributed by atoms with E-state index in [1.165, 1.54) is 21.9 Å². The molecule has 6 aromatic carbocycles. The number of rotatable bonds is 4. The molecule has 0 spiro atoms. The van der Waals surface area contributed by atoms with Crippen molar-refractivity contribution in [3.8, 4) is 45.1 Å². The van der Waals surface area contributed by atoms with Crippen molar-refractivity contribution in [1.82, 2.24) is 18.9 Å². The number of hydrogen-bond donors (Lipinski definition) is 1. The normalized spacial score (nSPS) is 12.5. The van der Waals surface area contributed by atoms with Crippen molar-refractivity contribution in [1.29, 1.82) is 0 Å². The molecule has 4 heterocycles. The zero-order chi connectivity index (χ0) is 41.0. The van der Waals surface area contributed by atoms with Gasteiger partial charge >= 0.3 is 0 Å². The van der Waals surface area contributed by atoms with Crippen molar-refractivity contribution >= 4 is 49.1 Å². The number of benzene rings is 6. The molecule has 0 saturated heterocycles. The summed E-state index contributed by atoms with van der Waals surface area (Å²) in [5.74, 6) is 0.966. The van der Waals surface area contributed by atoms with E-state index in [1.54, 1.807) is 0 Å². The van der Waals surface area contributed by atoms with E-state index in [0.717, 1.165) is 83.0 Å². The van der Waals surface area contributed by atoms with Crippen LogP contribution in [0.15, 0.2) is 140 Å². The van der Waals surface area contributed by atoms with Gasteiger partial charge in [0.2, 0.25) is 0 Å². The maximum atomic E-state index is 12.4. The van der Waals surface area contributed by atoms with Crippen molar-refractivity contribution in [3.05, 3.63) is 162 Å². The van der Waals surface area contributed by atoms with Gasteiger partial charge in [0.1, 0.15) is 11.6 Å². The number of hydrogen-bond acceptors (Lipinski definition) is 3. The summed E-state index contributed by atoms with van der Waals surface area (Å²) in [7, 11) is 0. The van der Waals surface area contributed by atoms with Gasteiger partial charge in [-0.3, -0.25) is 9.55 Å². The average molecular weight is 769 g/mol. The van der Waals surface area contributed by atoms with Gasteiger partial charge in [0, 0.05) is 50.6 Å². The van der Waals surface area contributed by atoms with Gasteiger partial charge in [-0.25, -0.2) is 4.98 Å². The number of fused-ring (bicyclic) bond motifs is 9. The Morgan fingerprint density at radius 1 is 0.593 bits per heavy atom. The van der Waals surface area contributed by atoms with Crippen LogP contribution in [-0.4, -0.2) is 24.0 Å². The van der Waals surface area contributed by atoms with Gasteiger partial charge in [0.25, 0.3) is 0 Å². The molecule has 5 nitrogen and oxygen atoms in total. The fourth-order valence-corrected chi connectivity index (χ4v) is 9.10. The molecule has 4 aromatic heterocycles. The minimum atomic E-state index is -0.308. The molecule has 59 heavy (non-hydrogen) atoms. The Balaban J connectivity index is 1.32. The number of phenolic OH excluding ortho intramolecular Hbond substituents is 1. The molecule has 0 amide bonds. The first-order valence-corrected chi connectivity index (χ1v) is 20.6. The topological polar surface area (TPSA) is 55.3 Å². The third-order valence-electron chi connectivity index (χ3n) is 12.1. The van der Waals surface area contributed by atoms with E-state index in [-0.39, 0.29) is 16.6 Å². The minimum Gasteiger partial charge on any atom is -0.507 e. The number of aryl methyl sites for hydroxylation is 2. The first-order chi connectivity index (χ1) is 28.3. The van der Waals surface area contributed by atoms with Crippen molar-refractivity contribution < 1.29 is 5.11 Å². The van der Waals surface area contributed by atoms with Gasteiger partial charge in [-0.05, 0) is 89.4 Å². The molecule has 0 aliphatic rings. The van der Waals surface area contributed by atoms with Crippen molar-refractivity contribution in [3.63, 3.8) is 0 Å². The SMILES string of the molecule is Cc1ccc(-n2c(-c3cc(C(C)(C)C)cc(C(C)(C)C)c3O)nc3c(-c4cc(C)c5c(c4)c4ncc6ccccc6c4n4cccc54)cccc32)c(-c2ccccc2)c1. The highest BCUT2D eigenvalue weighted by molar-refractivity contribution is 6.19. The number of imidazole rings is 1. The van der Waals surface area contributed by atoms with Crippen LogP contribution in [0.5, 0.6) is 5.75 Å². The molecule has 0 bridgehead atoms. The standard InChI is InChI=1S/C54H48N4O/c1-32-23-24-44(40(26-32)34-16-10-9-11-17-34)58-46-21-14-20-38(48(46)56-52(58)42-29-37(53(3,4)5)30-43(51(42)59)54(6,7)8)36-27-33(2)47-41(28-36)49-50(57-25-15-22-45(47)57)39-19-13-12-18-35(39)31-55-49/h9-31,59H,1-8H3. The predicted octanol–water partition coefficient (Wildman–Crippen LogP) is 14.1. The highest BCUT2D eigenvalue weighted by Gasteiger charge is 2.29. The van der Waals surface area contributed by atoms with E-state index < -0.39 is 0 Å². The summed E-state index contributed by atoms with van der Waals surface area (Å²) < 4.78 is 4.57. The lowest BCUT2D eigenvalue weighted by molar-refractivity contribution is 0.446. The van der Waals surface area contributed by atoms with Crippen LogP contribution < -0.4 is 0 Å². The smallest absolute Gasteiger partial charge is 0.149 e. The molecule has 10 aromatic rings. The minimum absolute atomic E-state index is 0.167. The van der Waals surface area contributed by atoms with E-state index in [0.29, 0.717) is 5.82 Å². The summed E-state index contributed by atoms with van der Waals surface area (Å²) in [6, 6.07) is 45.5. The van der Waals surface area contributed by atoms with Crippen LogP contribution in [0.1, 0.15) is 63.8 Å². The monoisotopic (exact) mass is 768 g/mol. The third kappa shape index (κ3) is 5.82. The van der Waals surface area contributed by atoms with Gasteiger partial charge in [-0.2, -0.15) is 0 Å². The average Bonchev–Trinajstić information content (AvgIpc) is 3.86. The molecule has 10 rings (SSSR count). The molecular weight excluding hydrogens is 721 g/mol. The molecule has 0 aliphatic carbocycles. The maximum absolute atomic E-state index is 12.4. The summed E-state index contributed by atoms with van der Waals surface area (Å²) in [5, 5.41) is 17.0. The van der Waals surface area contributed by atoms with E-state index in [9.17, 15) is 5.11 Å². The molecule has 0 radical (unpaired) electrons. The molecule has 290 valence electrons. The Kier molecular flexibility index (Phi) is 8.16. The van der Waals surface area contributed by atoms with Crippen LogP contribution in [0, 0.1) is 13.8 Å². The lowest BCUT2D eigenvalue weighted by Gasteiger charge is -2.27. The summed E-state index contributed by atoms with van der Waals surface area (Å²) in [5.41, 5.74) is 15.0. The summed E-state index contributed by atoms with van der Waals surface area (Å²) in [6.45, 7) is 17.5. The quantitative estimate of drug-likeness (QED) is 0.181. The summed E-state index contributed by atoms with van der Waals surface area (Å²) in [6.07, 6.45) is 4.15. The van der Waals surface area contributed by atoms with Crippen LogP contribution in [0.2, 0.25) is 0 Å². The fourth-order valence-electron chi connectivity index (χ4n) is 9.10.